The van der Waals surface area contributed by atoms with Crippen LogP contribution >= 0.6 is 15.9 Å². The highest BCUT2D eigenvalue weighted by atomic mass is 79.9. The second kappa shape index (κ2) is 8.74. The summed E-state index contributed by atoms with van der Waals surface area (Å²) in [6, 6.07) is 18.7. The Bertz CT molecular complexity index is 597. The van der Waals surface area contributed by atoms with Gasteiger partial charge >= 0.3 is 0 Å². The predicted octanol–water partition coefficient (Wildman–Crippen LogP) is 4.52. The number of carbonyl (C=O) groups is 1. The standard InChI is InChI=1S/C19H22BrNO/c1-15(10-11-16-6-3-2-4-7-16)21-19(22)13-12-17-8-5-9-18(20)14-17/h2-9,14-15H,10-13H2,1H3,(H,21,22). The molecule has 22 heavy (non-hydrogen) atoms. The van der Waals surface area contributed by atoms with Crippen LogP contribution in [-0.2, 0) is 17.6 Å². The quantitative estimate of drug-likeness (QED) is 0.773. The molecule has 0 saturated heterocycles. The molecule has 2 aromatic carbocycles. The van der Waals surface area contributed by atoms with Gasteiger partial charge in [0.1, 0.15) is 0 Å². The van der Waals surface area contributed by atoms with Crippen LogP contribution in [0.4, 0.5) is 0 Å². The molecule has 1 unspecified atom stereocenters. The van der Waals surface area contributed by atoms with E-state index in [4.69, 9.17) is 0 Å². The monoisotopic (exact) mass is 359 g/mol. The first-order chi connectivity index (χ1) is 10.6. The Morgan fingerprint density at radius 3 is 2.50 bits per heavy atom. The number of aryl methyl sites for hydroxylation is 2. The van der Waals surface area contributed by atoms with Gasteiger partial charge in [-0.15, -0.1) is 0 Å². The van der Waals surface area contributed by atoms with E-state index in [-0.39, 0.29) is 11.9 Å². The molecule has 2 aromatic rings. The van der Waals surface area contributed by atoms with E-state index >= 15 is 0 Å². The number of nitrogens with one attached hydrogen (secondary N) is 1. The fourth-order valence-corrected chi connectivity index (χ4v) is 2.84. The van der Waals surface area contributed by atoms with E-state index in [2.05, 4.69) is 64.6 Å². The van der Waals surface area contributed by atoms with E-state index in [1.165, 1.54) is 11.1 Å². The summed E-state index contributed by atoms with van der Waals surface area (Å²) in [5.41, 5.74) is 2.50. The van der Waals surface area contributed by atoms with Crippen molar-refractivity contribution in [2.45, 2.75) is 38.6 Å². The second-order valence-electron chi connectivity index (χ2n) is 5.62. The van der Waals surface area contributed by atoms with E-state index in [1.54, 1.807) is 0 Å². The highest BCUT2D eigenvalue weighted by Gasteiger charge is 2.08. The molecule has 2 rings (SSSR count). The van der Waals surface area contributed by atoms with Crippen LogP contribution in [0.1, 0.15) is 30.9 Å². The van der Waals surface area contributed by atoms with E-state index in [0.717, 1.165) is 23.7 Å². The number of hydrogen-bond acceptors (Lipinski definition) is 1. The fraction of sp³-hybridized carbons (Fsp3) is 0.316. The van der Waals surface area contributed by atoms with Crippen LogP contribution in [0.25, 0.3) is 0 Å². The Morgan fingerprint density at radius 1 is 1.05 bits per heavy atom. The zero-order valence-corrected chi connectivity index (χ0v) is 14.5. The Kier molecular flexibility index (Phi) is 6.66. The van der Waals surface area contributed by atoms with Gasteiger partial charge in [0.15, 0.2) is 0 Å². The SMILES string of the molecule is CC(CCc1ccccc1)NC(=O)CCc1cccc(Br)c1. The van der Waals surface area contributed by atoms with E-state index < -0.39 is 0 Å². The van der Waals surface area contributed by atoms with Gasteiger partial charge in [0.05, 0.1) is 0 Å². The smallest absolute Gasteiger partial charge is 0.220 e. The Labute approximate surface area is 141 Å². The van der Waals surface area contributed by atoms with Crippen molar-refractivity contribution in [3.05, 3.63) is 70.2 Å². The number of amides is 1. The molecule has 116 valence electrons. The minimum absolute atomic E-state index is 0.125. The minimum atomic E-state index is 0.125. The van der Waals surface area contributed by atoms with Crippen molar-refractivity contribution in [1.29, 1.82) is 0 Å². The number of benzene rings is 2. The Balaban J connectivity index is 1.70. The molecule has 2 nitrogen and oxygen atoms in total. The van der Waals surface area contributed by atoms with Crippen LogP contribution in [0.5, 0.6) is 0 Å². The van der Waals surface area contributed by atoms with Gasteiger partial charge in [-0.3, -0.25) is 4.79 Å². The highest BCUT2D eigenvalue weighted by molar-refractivity contribution is 9.10. The first-order valence-electron chi connectivity index (χ1n) is 7.71. The van der Waals surface area contributed by atoms with Crippen molar-refractivity contribution < 1.29 is 4.79 Å². The topological polar surface area (TPSA) is 29.1 Å². The molecular weight excluding hydrogens is 338 g/mol. The molecule has 0 fully saturated rings. The summed E-state index contributed by atoms with van der Waals surface area (Å²) in [6.07, 6.45) is 3.27. The van der Waals surface area contributed by atoms with Crippen molar-refractivity contribution in [3.63, 3.8) is 0 Å². The normalized spacial score (nSPS) is 11.9. The van der Waals surface area contributed by atoms with Crippen LogP contribution in [0.15, 0.2) is 59.1 Å². The lowest BCUT2D eigenvalue weighted by Crippen LogP contribution is -2.33. The largest absolute Gasteiger partial charge is 0.354 e. The van der Waals surface area contributed by atoms with E-state index in [1.807, 2.05) is 18.2 Å². The molecule has 0 aliphatic heterocycles. The summed E-state index contributed by atoms with van der Waals surface area (Å²) in [5.74, 6) is 0.125. The summed E-state index contributed by atoms with van der Waals surface area (Å²) in [5, 5.41) is 3.08. The third-order valence-electron chi connectivity index (χ3n) is 3.65. The molecule has 0 radical (unpaired) electrons. The van der Waals surface area contributed by atoms with Gasteiger partial charge < -0.3 is 5.32 Å². The number of carbonyl (C=O) groups excluding carboxylic acids is 1. The maximum Gasteiger partial charge on any atom is 0.220 e. The van der Waals surface area contributed by atoms with E-state index in [0.29, 0.717) is 6.42 Å². The molecule has 0 saturated carbocycles. The maximum atomic E-state index is 12.0. The average molecular weight is 360 g/mol. The summed E-state index contributed by atoms with van der Waals surface area (Å²) in [7, 11) is 0. The van der Waals surface area contributed by atoms with Gasteiger partial charge in [0, 0.05) is 16.9 Å². The van der Waals surface area contributed by atoms with Crippen molar-refractivity contribution >= 4 is 21.8 Å². The van der Waals surface area contributed by atoms with Gasteiger partial charge in [-0.05, 0) is 49.4 Å². The molecule has 0 bridgehead atoms. The van der Waals surface area contributed by atoms with Crippen molar-refractivity contribution in [3.8, 4) is 0 Å². The third kappa shape index (κ3) is 6.02. The first kappa shape index (κ1) is 16.8. The summed E-state index contributed by atoms with van der Waals surface area (Å²) in [6.45, 7) is 2.07. The lowest BCUT2D eigenvalue weighted by molar-refractivity contribution is -0.121. The average Bonchev–Trinajstić information content (AvgIpc) is 2.52. The third-order valence-corrected chi connectivity index (χ3v) is 4.14. The number of rotatable bonds is 7. The predicted molar refractivity (Wildman–Crippen MR) is 94.8 cm³/mol. The molecule has 0 aliphatic carbocycles. The molecular formula is C19H22BrNO. The molecule has 0 heterocycles. The van der Waals surface area contributed by atoms with Crippen molar-refractivity contribution in [2.75, 3.05) is 0 Å². The first-order valence-corrected chi connectivity index (χ1v) is 8.50. The molecule has 0 aromatic heterocycles. The summed E-state index contributed by atoms with van der Waals surface area (Å²) < 4.78 is 1.06. The molecule has 0 aliphatic rings. The van der Waals surface area contributed by atoms with Crippen LogP contribution in [0.3, 0.4) is 0 Å². The van der Waals surface area contributed by atoms with Crippen LogP contribution in [0, 0.1) is 0 Å². The van der Waals surface area contributed by atoms with Gasteiger partial charge in [0.2, 0.25) is 5.91 Å². The summed E-state index contributed by atoms with van der Waals surface area (Å²) >= 11 is 3.45. The van der Waals surface area contributed by atoms with Crippen LogP contribution < -0.4 is 5.32 Å². The minimum Gasteiger partial charge on any atom is -0.354 e. The molecule has 1 amide bonds. The van der Waals surface area contributed by atoms with Crippen LogP contribution in [0.2, 0.25) is 0 Å². The Hall–Kier alpha value is -1.61. The lowest BCUT2D eigenvalue weighted by atomic mass is 10.1. The maximum absolute atomic E-state index is 12.0. The summed E-state index contributed by atoms with van der Waals surface area (Å²) in [4.78, 5) is 12.0. The number of halogens is 1. The van der Waals surface area contributed by atoms with Gasteiger partial charge in [-0.1, -0.05) is 58.4 Å². The molecule has 0 spiro atoms. The lowest BCUT2D eigenvalue weighted by Gasteiger charge is -2.14. The van der Waals surface area contributed by atoms with Crippen molar-refractivity contribution in [2.24, 2.45) is 0 Å². The second-order valence-corrected chi connectivity index (χ2v) is 6.54. The fourth-order valence-electron chi connectivity index (χ4n) is 2.40. The molecule has 3 heteroatoms. The Morgan fingerprint density at radius 2 is 1.77 bits per heavy atom. The zero-order chi connectivity index (χ0) is 15.8. The van der Waals surface area contributed by atoms with Crippen molar-refractivity contribution in [1.82, 2.24) is 5.32 Å². The zero-order valence-electron chi connectivity index (χ0n) is 12.9. The highest BCUT2D eigenvalue weighted by Crippen LogP contribution is 2.13. The molecule has 1 atom stereocenters. The number of hydrogen-bond donors (Lipinski definition) is 1. The van der Waals surface area contributed by atoms with Crippen LogP contribution in [-0.4, -0.2) is 11.9 Å². The van der Waals surface area contributed by atoms with Gasteiger partial charge in [0.25, 0.3) is 0 Å². The molecule has 1 N–H and O–H groups in total. The van der Waals surface area contributed by atoms with Gasteiger partial charge in [-0.25, -0.2) is 0 Å². The van der Waals surface area contributed by atoms with Gasteiger partial charge in [-0.2, -0.15) is 0 Å². The van der Waals surface area contributed by atoms with E-state index in [9.17, 15) is 4.79 Å².